The van der Waals surface area contributed by atoms with Crippen molar-refractivity contribution >= 4 is 0 Å². The van der Waals surface area contributed by atoms with Crippen molar-refractivity contribution in [2.24, 2.45) is 14.1 Å². The van der Waals surface area contributed by atoms with E-state index >= 15 is 0 Å². The Hall–Kier alpha value is -4.36. The highest BCUT2D eigenvalue weighted by molar-refractivity contribution is 5.35. The van der Waals surface area contributed by atoms with E-state index in [4.69, 9.17) is 0 Å². The van der Waals surface area contributed by atoms with Gasteiger partial charge in [0.1, 0.15) is 0 Å². The molecule has 1 unspecified atom stereocenters. The largest absolute Gasteiger partial charge is 0.291 e. The minimum absolute atomic E-state index is 0.0328. The monoisotopic (exact) mass is 535 g/mol. The molecule has 0 aliphatic carbocycles. The van der Waals surface area contributed by atoms with E-state index < -0.39 is 0 Å². The van der Waals surface area contributed by atoms with Gasteiger partial charge < -0.3 is 0 Å². The Labute approximate surface area is 235 Å². The maximum atomic E-state index is 13.8. The highest BCUT2D eigenvalue weighted by Gasteiger charge is 2.25. The van der Waals surface area contributed by atoms with Crippen LogP contribution in [0, 0.1) is 13.8 Å². The van der Waals surface area contributed by atoms with Gasteiger partial charge in [0.25, 0.3) is 11.1 Å². The molecule has 5 aromatic rings. The van der Waals surface area contributed by atoms with Crippen LogP contribution in [0.15, 0.2) is 101 Å². The van der Waals surface area contributed by atoms with Gasteiger partial charge in [0, 0.05) is 44.6 Å². The van der Waals surface area contributed by atoms with Gasteiger partial charge in [-0.3, -0.25) is 23.9 Å². The van der Waals surface area contributed by atoms with E-state index in [1.54, 1.807) is 9.36 Å². The van der Waals surface area contributed by atoms with E-state index in [-0.39, 0.29) is 17.2 Å². The molecule has 5 rings (SSSR count). The van der Waals surface area contributed by atoms with Crippen molar-refractivity contribution in [3.8, 4) is 11.4 Å². The molecule has 0 saturated carbocycles. The van der Waals surface area contributed by atoms with Crippen LogP contribution in [0.4, 0.5) is 0 Å². The molecule has 0 radical (unpaired) electrons. The minimum atomic E-state index is -0.0328. The summed E-state index contributed by atoms with van der Waals surface area (Å²) in [4.78, 5) is 29.9. The summed E-state index contributed by atoms with van der Waals surface area (Å²) in [6.07, 6.45) is 0.804. The Balaban J connectivity index is 1.56. The average molecular weight is 536 g/mol. The zero-order chi connectivity index (χ0) is 28.4. The Morgan fingerprint density at radius 1 is 0.625 bits per heavy atom. The van der Waals surface area contributed by atoms with Gasteiger partial charge in [0.15, 0.2) is 0 Å². The topological polar surface area (TPSA) is 57.1 Å². The van der Waals surface area contributed by atoms with E-state index in [1.807, 2.05) is 116 Å². The van der Waals surface area contributed by atoms with Gasteiger partial charge in [-0.25, -0.2) is 9.36 Å². The second kappa shape index (κ2) is 11.4. The molecular weight excluding hydrogens is 498 g/mol. The summed E-state index contributed by atoms with van der Waals surface area (Å²) in [5, 5.41) is 0. The van der Waals surface area contributed by atoms with Crippen LogP contribution in [0.3, 0.4) is 0 Å². The smallest absolute Gasteiger partial charge is 0.276 e. The molecule has 0 aliphatic heterocycles. The van der Waals surface area contributed by atoms with Crippen LogP contribution in [0.5, 0.6) is 0 Å². The normalized spacial score (nSPS) is 12.2. The molecule has 2 heterocycles. The van der Waals surface area contributed by atoms with Gasteiger partial charge in [0.05, 0.1) is 22.5 Å². The molecule has 2 aromatic heterocycles. The summed E-state index contributed by atoms with van der Waals surface area (Å²) in [5.74, 6) is 0. The third-order valence-corrected chi connectivity index (χ3v) is 8.07. The molecule has 0 aliphatic rings. The van der Waals surface area contributed by atoms with Crippen LogP contribution in [-0.4, -0.2) is 29.7 Å². The summed E-state index contributed by atoms with van der Waals surface area (Å²) >= 11 is 0. The molecule has 0 N–H and O–H groups in total. The number of hydrogen-bond acceptors (Lipinski definition) is 3. The average Bonchev–Trinajstić information content (AvgIpc) is 3.31. The molecule has 1 atom stereocenters. The van der Waals surface area contributed by atoms with Crippen molar-refractivity contribution in [1.29, 1.82) is 0 Å². The van der Waals surface area contributed by atoms with E-state index in [0.29, 0.717) is 13.1 Å². The Morgan fingerprint density at radius 2 is 1.00 bits per heavy atom. The quantitative estimate of drug-likeness (QED) is 0.269. The first-order chi connectivity index (χ1) is 19.3. The van der Waals surface area contributed by atoms with Crippen LogP contribution >= 0.6 is 0 Å². The van der Waals surface area contributed by atoms with Crippen molar-refractivity contribution in [3.63, 3.8) is 0 Å². The summed E-state index contributed by atoms with van der Waals surface area (Å²) in [6, 6.07) is 29.9. The van der Waals surface area contributed by atoms with Gasteiger partial charge in [-0.05, 0) is 57.0 Å². The molecule has 0 saturated heterocycles. The fraction of sp³-hybridized carbons (Fsp3) is 0.273. The lowest BCUT2D eigenvalue weighted by molar-refractivity contribution is 0.187. The maximum absolute atomic E-state index is 13.8. The number of rotatable bonds is 9. The number of para-hydroxylation sites is 2. The Morgan fingerprint density at radius 3 is 1.40 bits per heavy atom. The first-order valence-corrected chi connectivity index (χ1v) is 13.7. The molecule has 7 heteroatoms. The summed E-state index contributed by atoms with van der Waals surface area (Å²) in [7, 11) is 3.84. The molecule has 3 aromatic carbocycles. The summed E-state index contributed by atoms with van der Waals surface area (Å²) in [6.45, 7) is 7.03. The lowest BCUT2D eigenvalue weighted by Gasteiger charge is -2.29. The van der Waals surface area contributed by atoms with Crippen LogP contribution in [-0.2, 0) is 33.6 Å². The Kier molecular flexibility index (Phi) is 7.76. The van der Waals surface area contributed by atoms with Crippen molar-refractivity contribution in [1.82, 2.24) is 23.6 Å². The van der Waals surface area contributed by atoms with Gasteiger partial charge in [-0.15, -0.1) is 0 Å². The highest BCUT2D eigenvalue weighted by atomic mass is 16.1. The molecule has 7 nitrogen and oxygen atoms in total. The fourth-order valence-corrected chi connectivity index (χ4v) is 5.47. The van der Waals surface area contributed by atoms with Crippen molar-refractivity contribution in [3.05, 3.63) is 140 Å². The van der Waals surface area contributed by atoms with E-state index in [1.165, 1.54) is 5.56 Å². The van der Waals surface area contributed by atoms with Gasteiger partial charge in [0.2, 0.25) is 0 Å². The first kappa shape index (κ1) is 27.2. The standard InChI is InChI=1S/C33H37N5O2/c1-24(21-27-15-9-6-10-16-27)36(22-30-25(2)34(4)37(32(30)39)28-17-11-7-12-18-28)23-31-26(3)35(5)38(33(31)40)29-19-13-8-14-20-29/h6-20,24H,21-23H2,1-5H3. The SMILES string of the molecule is Cc1c(CN(Cc2c(C)n(C)n(-c3ccccc3)c2=O)C(C)Cc2ccccc2)c(=O)n(-c2ccccc2)n1C. The predicted molar refractivity (Wildman–Crippen MR) is 160 cm³/mol. The molecular formula is C33H37N5O2. The summed E-state index contributed by atoms with van der Waals surface area (Å²) < 4.78 is 7.29. The third kappa shape index (κ3) is 5.12. The van der Waals surface area contributed by atoms with E-state index in [9.17, 15) is 9.59 Å². The second-order valence-electron chi connectivity index (χ2n) is 10.5. The minimum Gasteiger partial charge on any atom is -0.291 e. The van der Waals surface area contributed by atoms with Crippen LogP contribution in [0.2, 0.25) is 0 Å². The molecule has 0 spiro atoms. The molecule has 0 amide bonds. The van der Waals surface area contributed by atoms with Gasteiger partial charge >= 0.3 is 0 Å². The molecule has 40 heavy (non-hydrogen) atoms. The van der Waals surface area contributed by atoms with Gasteiger partial charge in [-0.2, -0.15) is 0 Å². The zero-order valence-corrected chi connectivity index (χ0v) is 23.9. The lowest BCUT2D eigenvalue weighted by Crippen LogP contribution is -2.37. The zero-order valence-electron chi connectivity index (χ0n) is 23.9. The second-order valence-corrected chi connectivity index (χ2v) is 10.5. The summed E-state index contributed by atoms with van der Waals surface area (Å²) in [5.41, 5.74) is 6.12. The lowest BCUT2D eigenvalue weighted by atomic mass is 10.0. The van der Waals surface area contributed by atoms with E-state index in [2.05, 4.69) is 24.0 Å². The van der Waals surface area contributed by atoms with E-state index in [0.717, 1.165) is 40.3 Å². The number of nitrogens with zero attached hydrogens (tertiary/aromatic N) is 5. The Bertz CT molecular complexity index is 1600. The van der Waals surface area contributed by atoms with Gasteiger partial charge in [-0.1, -0.05) is 66.7 Å². The molecule has 0 fully saturated rings. The predicted octanol–water partition coefficient (Wildman–Crippen LogP) is 4.92. The highest BCUT2D eigenvalue weighted by Crippen LogP contribution is 2.20. The van der Waals surface area contributed by atoms with Crippen LogP contribution in [0.1, 0.15) is 35.0 Å². The first-order valence-electron chi connectivity index (χ1n) is 13.7. The number of benzene rings is 3. The number of hydrogen-bond donors (Lipinski definition) is 0. The molecule has 206 valence electrons. The number of aromatic nitrogens is 4. The molecule has 0 bridgehead atoms. The van der Waals surface area contributed by atoms with Crippen molar-refractivity contribution in [2.75, 3.05) is 0 Å². The van der Waals surface area contributed by atoms with Crippen LogP contribution in [0.25, 0.3) is 11.4 Å². The van der Waals surface area contributed by atoms with Crippen LogP contribution < -0.4 is 11.1 Å². The van der Waals surface area contributed by atoms with Crippen molar-refractivity contribution < 1.29 is 0 Å². The third-order valence-electron chi connectivity index (χ3n) is 8.07. The maximum Gasteiger partial charge on any atom is 0.276 e. The van der Waals surface area contributed by atoms with Crippen molar-refractivity contribution in [2.45, 2.75) is 46.3 Å². The fourth-order valence-electron chi connectivity index (χ4n) is 5.47.